The molecular formula is C13H29N3. The lowest BCUT2D eigenvalue weighted by molar-refractivity contribution is 0.195. The lowest BCUT2D eigenvalue weighted by Crippen LogP contribution is -2.40. The smallest absolute Gasteiger partial charge is 0.0223 e. The molecule has 3 nitrogen and oxygen atoms in total. The first kappa shape index (κ1) is 13.9. The molecule has 0 bridgehead atoms. The number of likely N-dealkylation sites (tertiary alicyclic amines) is 1. The minimum absolute atomic E-state index is 0.633. The SMILES string of the molecule is CCN1CCCC1CN(C)CCC(C)NC. The van der Waals surface area contributed by atoms with Crippen molar-refractivity contribution < 1.29 is 0 Å². The third kappa shape index (κ3) is 4.40. The van der Waals surface area contributed by atoms with E-state index in [1.807, 2.05) is 7.05 Å². The van der Waals surface area contributed by atoms with E-state index in [1.165, 1.54) is 45.4 Å². The van der Waals surface area contributed by atoms with Crippen LogP contribution in [-0.4, -0.2) is 62.2 Å². The van der Waals surface area contributed by atoms with Crippen molar-refractivity contribution in [2.75, 3.05) is 40.3 Å². The molecule has 16 heavy (non-hydrogen) atoms. The summed E-state index contributed by atoms with van der Waals surface area (Å²) < 4.78 is 0. The Kier molecular flexibility index (Phi) is 6.32. The van der Waals surface area contributed by atoms with Crippen molar-refractivity contribution in [2.24, 2.45) is 0 Å². The molecule has 1 N–H and O–H groups in total. The molecule has 1 saturated heterocycles. The fraction of sp³-hybridized carbons (Fsp3) is 1.00. The second-order valence-electron chi connectivity index (χ2n) is 5.17. The second-order valence-corrected chi connectivity index (χ2v) is 5.17. The Balaban J connectivity index is 2.20. The predicted molar refractivity (Wildman–Crippen MR) is 70.9 cm³/mol. The molecule has 1 rings (SSSR count). The lowest BCUT2D eigenvalue weighted by atomic mass is 10.2. The molecule has 0 aromatic heterocycles. The molecule has 1 fully saturated rings. The van der Waals surface area contributed by atoms with E-state index in [-0.39, 0.29) is 0 Å². The van der Waals surface area contributed by atoms with Gasteiger partial charge in [-0.1, -0.05) is 6.92 Å². The molecule has 0 amide bonds. The van der Waals surface area contributed by atoms with Crippen LogP contribution in [0.2, 0.25) is 0 Å². The molecule has 2 atom stereocenters. The summed E-state index contributed by atoms with van der Waals surface area (Å²) in [6.45, 7) is 9.50. The molecule has 96 valence electrons. The lowest BCUT2D eigenvalue weighted by Gasteiger charge is -2.28. The summed E-state index contributed by atoms with van der Waals surface area (Å²) in [6, 6.07) is 1.44. The number of hydrogen-bond donors (Lipinski definition) is 1. The van der Waals surface area contributed by atoms with Gasteiger partial charge in [-0.3, -0.25) is 4.90 Å². The first-order chi connectivity index (χ1) is 7.67. The molecule has 1 heterocycles. The molecule has 0 aromatic carbocycles. The Labute approximate surface area is 101 Å². The van der Waals surface area contributed by atoms with Gasteiger partial charge in [-0.15, -0.1) is 0 Å². The van der Waals surface area contributed by atoms with Crippen LogP contribution in [0, 0.1) is 0 Å². The monoisotopic (exact) mass is 227 g/mol. The topological polar surface area (TPSA) is 18.5 Å². The van der Waals surface area contributed by atoms with Gasteiger partial charge in [0.05, 0.1) is 0 Å². The summed E-state index contributed by atoms with van der Waals surface area (Å²) in [6.07, 6.45) is 4.02. The summed E-state index contributed by atoms with van der Waals surface area (Å²) in [4.78, 5) is 5.12. The van der Waals surface area contributed by atoms with E-state index in [1.54, 1.807) is 0 Å². The standard InChI is InChI=1S/C13H29N3/c1-5-16-9-6-7-13(16)11-15(4)10-8-12(2)14-3/h12-14H,5-11H2,1-4H3. The van der Waals surface area contributed by atoms with Crippen molar-refractivity contribution in [1.82, 2.24) is 15.1 Å². The maximum Gasteiger partial charge on any atom is 0.0223 e. The van der Waals surface area contributed by atoms with E-state index in [2.05, 4.69) is 36.0 Å². The highest BCUT2D eigenvalue weighted by Gasteiger charge is 2.23. The summed E-state index contributed by atoms with van der Waals surface area (Å²) in [7, 11) is 4.30. The molecule has 0 aliphatic carbocycles. The summed E-state index contributed by atoms with van der Waals surface area (Å²) >= 11 is 0. The zero-order valence-corrected chi connectivity index (χ0v) is 11.5. The summed E-state index contributed by atoms with van der Waals surface area (Å²) in [5, 5.41) is 3.30. The van der Waals surface area contributed by atoms with E-state index in [4.69, 9.17) is 0 Å². The van der Waals surface area contributed by atoms with Gasteiger partial charge in [0.25, 0.3) is 0 Å². The Morgan fingerprint density at radius 3 is 2.88 bits per heavy atom. The Morgan fingerprint density at radius 2 is 2.25 bits per heavy atom. The van der Waals surface area contributed by atoms with Crippen LogP contribution >= 0.6 is 0 Å². The van der Waals surface area contributed by atoms with Crippen LogP contribution in [0.1, 0.15) is 33.1 Å². The van der Waals surface area contributed by atoms with Crippen molar-refractivity contribution in [3.8, 4) is 0 Å². The quantitative estimate of drug-likeness (QED) is 0.709. The maximum absolute atomic E-state index is 3.30. The van der Waals surface area contributed by atoms with E-state index in [0.29, 0.717) is 6.04 Å². The zero-order chi connectivity index (χ0) is 12.0. The molecule has 0 saturated carbocycles. The molecule has 1 aliphatic rings. The molecule has 2 unspecified atom stereocenters. The third-order valence-electron chi connectivity index (χ3n) is 3.86. The van der Waals surface area contributed by atoms with Crippen molar-refractivity contribution in [2.45, 2.75) is 45.2 Å². The number of nitrogens with one attached hydrogen (secondary N) is 1. The zero-order valence-electron chi connectivity index (χ0n) is 11.5. The van der Waals surface area contributed by atoms with Crippen molar-refractivity contribution in [1.29, 1.82) is 0 Å². The van der Waals surface area contributed by atoms with Crippen LogP contribution in [0.4, 0.5) is 0 Å². The number of hydrogen-bond acceptors (Lipinski definition) is 3. The van der Waals surface area contributed by atoms with Crippen LogP contribution in [-0.2, 0) is 0 Å². The molecular weight excluding hydrogens is 198 g/mol. The van der Waals surface area contributed by atoms with Crippen LogP contribution < -0.4 is 5.32 Å². The van der Waals surface area contributed by atoms with Crippen molar-refractivity contribution >= 4 is 0 Å². The maximum atomic E-state index is 3.30. The average Bonchev–Trinajstić information content (AvgIpc) is 2.73. The minimum Gasteiger partial charge on any atom is -0.317 e. The minimum atomic E-state index is 0.633. The largest absolute Gasteiger partial charge is 0.317 e. The van der Waals surface area contributed by atoms with Gasteiger partial charge in [0.2, 0.25) is 0 Å². The highest BCUT2D eigenvalue weighted by molar-refractivity contribution is 4.80. The van der Waals surface area contributed by atoms with Crippen LogP contribution in [0.3, 0.4) is 0 Å². The number of rotatable bonds is 7. The van der Waals surface area contributed by atoms with Crippen molar-refractivity contribution in [3.05, 3.63) is 0 Å². The number of nitrogens with zero attached hydrogens (tertiary/aromatic N) is 2. The van der Waals surface area contributed by atoms with E-state index in [0.717, 1.165) is 6.04 Å². The van der Waals surface area contributed by atoms with Gasteiger partial charge in [0.1, 0.15) is 0 Å². The van der Waals surface area contributed by atoms with E-state index < -0.39 is 0 Å². The van der Waals surface area contributed by atoms with Gasteiger partial charge >= 0.3 is 0 Å². The number of likely N-dealkylation sites (N-methyl/N-ethyl adjacent to an activating group) is 2. The Morgan fingerprint density at radius 1 is 1.50 bits per heavy atom. The van der Waals surface area contributed by atoms with Crippen molar-refractivity contribution in [3.63, 3.8) is 0 Å². The average molecular weight is 227 g/mol. The normalized spacial score (nSPS) is 24.2. The highest BCUT2D eigenvalue weighted by atomic mass is 15.2. The van der Waals surface area contributed by atoms with E-state index >= 15 is 0 Å². The van der Waals surface area contributed by atoms with Gasteiger partial charge in [-0.25, -0.2) is 0 Å². The van der Waals surface area contributed by atoms with Gasteiger partial charge < -0.3 is 10.2 Å². The predicted octanol–water partition coefficient (Wildman–Crippen LogP) is 1.40. The second kappa shape index (κ2) is 7.25. The Hall–Kier alpha value is -0.120. The first-order valence-electron chi connectivity index (χ1n) is 6.77. The van der Waals surface area contributed by atoms with Crippen LogP contribution in [0.25, 0.3) is 0 Å². The van der Waals surface area contributed by atoms with Crippen LogP contribution in [0.15, 0.2) is 0 Å². The molecule has 0 spiro atoms. The Bertz CT molecular complexity index is 184. The molecule has 3 heteroatoms. The first-order valence-corrected chi connectivity index (χ1v) is 6.77. The molecule has 1 aliphatic heterocycles. The fourth-order valence-electron chi connectivity index (χ4n) is 2.53. The highest BCUT2D eigenvalue weighted by Crippen LogP contribution is 2.17. The van der Waals surface area contributed by atoms with Gasteiger partial charge in [-0.05, 0) is 59.9 Å². The fourth-order valence-corrected chi connectivity index (χ4v) is 2.53. The van der Waals surface area contributed by atoms with Gasteiger partial charge in [0, 0.05) is 18.6 Å². The molecule has 0 aromatic rings. The summed E-state index contributed by atoms with van der Waals surface area (Å²) in [5.41, 5.74) is 0. The van der Waals surface area contributed by atoms with Gasteiger partial charge in [0.15, 0.2) is 0 Å². The summed E-state index contributed by atoms with van der Waals surface area (Å²) in [5.74, 6) is 0. The van der Waals surface area contributed by atoms with E-state index in [9.17, 15) is 0 Å². The molecule has 0 radical (unpaired) electrons. The third-order valence-corrected chi connectivity index (χ3v) is 3.86. The van der Waals surface area contributed by atoms with Gasteiger partial charge in [-0.2, -0.15) is 0 Å². The van der Waals surface area contributed by atoms with Crippen LogP contribution in [0.5, 0.6) is 0 Å².